The maximum Gasteiger partial charge on any atom is 0.257 e. The molecule has 3 aromatic rings. The molecular weight excluding hydrogens is 359 g/mol. The molecule has 0 aliphatic rings. The summed E-state index contributed by atoms with van der Waals surface area (Å²) in [6, 6.07) is 16.8. The van der Waals surface area contributed by atoms with Crippen molar-refractivity contribution in [1.29, 1.82) is 0 Å². The molecule has 0 spiro atoms. The average Bonchev–Trinajstić information content (AvgIpc) is 2.57. The van der Waals surface area contributed by atoms with Gasteiger partial charge in [-0.25, -0.2) is 4.39 Å². The lowest BCUT2D eigenvalue weighted by Gasteiger charge is -2.06. The van der Waals surface area contributed by atoms with Crippen LogP contribution in [0.5, 0.6) is 0 Å². The summed E-state index contributed by atoms with van der Waals surface area (Å²) < 4.78 is 14.2. The van der Waals surface area contributed by atoms with Crippen LogP contribution in [0.25, 0.3) is 11.3 Å². The van der Waals surface area contributed by atoms with Crippen LogP contribution in [0.1, 0.15) is 10.4 Å². The molecule has 0 bridgehead atoms. The molecule has 1 aromatic heterocycles. The van der Waals surface area contributed by atoms with Gasteiger partial charge in [0.15, 0.2) is 0 Å². The summed E-state index contributed by atoms with van der Waals surface area (Å²) in [4.78, 5) is 16.4. The summed E-state index contributed by atoms with van der Waals surface area (Å²) in [5.41, 5.74) is 2.43. The quantitative estimate of drug-likeness (QED) is 0.712. The number of anilines is 1. The average molecular weight is 371 g/mol. The zero-order valence-corrected chi connectivity index (χ0v) is 13.5. The van der Waals surface area contributed by atoms with Gasteiger partial charge in [0.1, 0.15) is 5.82 Å². The second kappa shape index (κ2) is 6.71. The lowest BCUT2D eigenvalue weighted by molar-refractivity contribution is 0.102. The Bertz CT molecular complexity index is 832. The molecule has 1 amide bonds. The monoisotopic (exact) mass is 370 g/mol. The van der Waals surface area contributed by atoms with E-state index in [-0.39, 0.29) is 11.7 Å². The molecule has 0 radical (unpaired) electrons. The summed E-state index contributed by atoms with van der Waals surface area (Å²) in [7, 11) is 0. The third kappa shape index (κ3) is 3.81. The molecule has 3 rings (SSSR count). The summed E-state index contributed by atoms with van der Waals surface area (Å²) in [5, 5.41) is 2.79. The van der Waals surface area contributed by atoms with Crippen molar-refractivity contribution in [3.63, 3.8) is 0 Å². The molecule has 0 aliphatic carbocycles. The van der Waals surface area contributed by atoms with Gasteiger partial charge in [-0.05, 0) is 48.5 Å². The molecule has 0 unspecified atom stereocenters. The molecule has 1 heterocycles. The van der Waals surface area contributed by atoms with Gasteiger partial charge >= 0.3 is 0 Å². The van der Waals surface area contributed by atoms with E-state index in [2.05, 4.69) is 26.2 Å². The fraction of sp³-hybridized carbons (Fsp3) is 0. The number of halogens is 2. The number of aromatic nitrogens is 1. The maximum atomic E-state index is 13.2. The third-order valence-electron chi connectivity index (χ3n) is 3.25. The number of carbonyl (C=O) groups is 1. The van der Waals surface area contributed by atoms with Gasteiger partial charge in [-0.3, -0.25) is 9.78 Å². The number of hydrogen-bond acceptors (Lipinski definition) is 2. The molecule has 23 heavy (non-hydrogen) atoms. The molecule has 1 N–H and O–H groups in total. The van der Waals surface area contributed by atoms with Crippen LogP contribution in [0, 0.1) is 5.82 Å². The summed E-state index contributed by atoms with van der Waals surface area (Å²) in [5.74, 6) is -0.563. The fourth-order valence-electron chi connectivity index (χ4n) is 2.08. The first kappa shape index (κ1) is 15.4. The zero-order chi connectivity index (χ0) is 16.2. The molecule has 0 atom stereocenters. The number of rotatable bonds is 3. The maximum absolute atomic E-state index is 13.2. The van der Waals surface area contributed by atoms with Crippen molar-refractivity contribution < 1.29 is 9.18 Å². The summed E-state index contributed by atoms with van der Waals surface area (Å²) >= 11 is 3.34. The van der Waals surface area contributed by atoms with E-state index in [9.17, 15) is 9.18 Å². The molecule has 3 nitrogen and oxygen atoms in total. The van der Waals surface area contributed by atoms with E-state index >= 15 is 0 Å². The highest BCUT2D eigenvalue weighted by Gasteiger charge is 2.08. The minimum absolute atomic E-state index is 0.245. The van der Waals surface area contributed by atoms with Crippen LogP contribution < -0.4 is 5.32 Å². The second-order valence-electron chi connectivity index (χ2n) is 4.90. The van der Waals surface area contributed by atoms with Gasteiger partial charge < -0.3 is 5.32 Å². The van der Waals surface area contributed by atoms with E-state index in [1.54, 1.807) is 36.4 Å². The standard InChI is InChI=1S/C18H12BrFN2O/c19-14-5-7-16(8-6-14)22-18(23)13-4-9-17(21-11-13)12-2-1-3-15(20)10-12/h1-11H,(H,22,23). The van der Waals surface area contributed by atoms with Gasteiger partial charge in [0.25, 0.3) is 5.91 Å². The van der Waals surface area contributed by atoms with Gasteiger partial charge in [0.05, 0.1) is 11.3 Å². The highest BCUT2D eigenvalue weighted by atomic mass is 79.9. The normalized spacial score (nSPS) is 10.3. The van der Waals surface area contributed by atoms with Gasteiger partial charge in [-0.2, -0.15) is 0 Å². The van der Waals surface area contributed by atoms with Crippen LogP contribution >= 0.6 is 15.9 Å². The summed E-state index contributed by atoms with van der Waals surface area (Å²) in [6.07, 6.45) is 1.48. The smallest absolute Gasteiger partial charge is 0.257 e. The Morgan fingerprint density at radius 1 is 1.04 bits per heavy atom. The van der Waals surface area contributed by atoms with Crippen LogP contribution in [0.3, 0.4) is 0 Å². The lowest BCUT2D eigenvalue weighted by Crippen LogP contribution is -2.12. The lowest BCUT2D eigenvalue weighted by atomic mass is 10.1. The first-order valence-corrected chi connectivity index (χ1v) is 7.70. The SMILES string of the molecule is O=C(Nc1ccc(Br)cc1)c1ccc(-c2cccc(F)c2)nc1. The molecule has 5 heteroatoms. The van der Waals surface area contributed by atoms with Crippen molar-refractivity contribution in [2.45, 2.75) is 0 Å². The number of benzene rings is 2. The van der Waals surface area contributed by atoms with Crippen LogP contribution in [0.15, 0.2) is 71.3 Å². The van der Waals surface area contributed by atoms with Crippen molar-refractivity contribution in [3.8, 4) is 11.3 Å². The van der Waals surface area contributed by atoms with Crippen molar-refractivity contribution in [2.24, 2.45) is 0 Å². The van der Waals surface area contributed by atoms with Crippen molar-refractivity contribution in [1.82, 2.24) is 4.98 Å². The highest BCUT2D eigenvalue weighted by molar-refractivity contribution is 9.10. The number of pyridine rings is 1. The van der Waals surface area contributed by atoms with E-state index in [1.807, 2.05) is 12.1 Å². The molecular formula is C18H12BrFN2O. The Morgan fingerprint density at radius 2 is 1.83 bits per heavy atom. The van der Waals surface area contributed by atoms with Crippen molar-refractivity contribution in [2.75, 3.05) is 5.32 Å². The Morgan fingerprint density at radius 3 is 2.48 bits per heavy atom. The van der Waals surface area contributed by atoms with E-state index in [4.69, 9.17) is 0 Å². The van der Waals surface area contributed by atoms with Gasteiger partial charge in [-0.1, -0.05) is 28.1 Å². The number of hydrogen-bond donors (Lipinski definition) is 1. The van der Waals surface area contributed by atoms with Crippen LogP contribution in [-0.4, -0.2) is 10.9 Å². The largest absolute Gasteiger partial charge is 0.322 e. The van der Waals surface area contributed by atoms with Crippen LogP contribution in [0.4, 0.5) is 10.1 Å². The van der Waals surface area contributed by atoms with E-state index in [0.717, 1.165) is 4.47 Å². The Labute approximate surface area is 141 Å². The van der Waals surface area contributed by atoms with Gasteiger partial charge in [0, 0.05) is 21.9 Å². The van der Waals surface area contributed by atoms with E-state index < -0.39 is 0 Å². The topological polar surface area (TPSA) is 42.0 Å². The number of nitrogens with one attached hydrogen (secondary N) is 1. The van der Waals surface area contributed by atoms with Gasteiger partial charge in [0.2, 0.25) is 0 Å². The molecule has 114 valence electrons. The Hall–Kier alpha value is -2.53. The van der Waals surface area contributed by atoms with Crippen LogP contribution in [-0.2, 0) is 0 Å². The predicted octanol–water partition coefficient (Wildman–Crippen LogP) is 4.90. The van der Waals surface area contributed by atoms with E-state index in [1.165, 1.54) is 18.3 Å². The van der Waals surface area contributed by atoms with E-state index in [0.29, 0.717) is 22.5 Å². The number of carbonyl (C=O) groups excluding carboxylic acids is 1. The second-order valence-corrected chi connectivity index (χ2v) is 5.82. The minimum atomic E-state index is -0.318. The fourth-order valence-corrected chi connectivity index (χ4v) is 2.35. The van der Waals surface area contributed by atoms with Gasteiger partial charge in [-0.15, -0.1) is 0 Å². The highest BCUT2D eigenvalue weighted by Crippen LogP contribution is 2.19. The number of amides is 1. The van der Waals surface area contributed by atoms with Crippen molar-refractivity contribution in [3.05, 3.63) is 82.7 Å². The first-order valence-electron chi connectivity index (χ1n) is 6.91. The van der Waals surface area contributed by atoms with Crippen LogP contribution in [0.2, 0.25) is 0 Å². The molecule has 0 saturated carbocycles. The molecule has 0 aliphatic heterocycles. The Balaban J connectivity index is 1.76. The number of nitrogens with zero attached hydrogens (tertiary/aromatic N) is 1. The molecule has 0 fully saturated rings. The molecule has 0 saturated heterocycles. The third-order valence-corrected chi connectivity index (χ3v) is 3.78. The zero-order valence-electron chi connectivity index (χ0n) is 12.0. The summed E-state index contributed by atoms with van der Waals surface area (Å²) in [6.45, 7) is 0. The Kier molecular flexibility index (Phi) is 4.48. The minimum Gasteiger partial charge on any atom is -0.322 e. The van der Waals surface area contributed by atoms with Crippen molar-refractivity contribution >= 4 is 27.5 Å². The first-order chi connectivity index (χ1) is 11.1. The molecule has 2 aromatic carbocycles. The predicted molar refractivity (Wildman–Crippen MR) is 91.7 cm³/mol.